The molecule has 0 N–H and O–H groups in total. The van der Waals surface area contributed by atoms with Gasteiger partial charge < -0.3 is 13.9 Å². The number of likely N-dealkylation sites (tertiary alicyclic amines) is 1. The summed E-state index contributed by atoms with van der Waals surface area (Å²) in [4.78, 5) is 14.5. The minimum Gasteiger partial charge on any atom is -0.497 e. The lowest BCUT2D eigenvalue weighted by atomic mass is 10.0. The Morgan fingerprint density at radius 2 is 1.96 bits per heavy atom. The van der Waals surface area contributed by atoms with E-state index in [2.05, 4.69) is 17.0 Å². The maximum absolute atomic E-state index is 12.1. The van der Waals surface area contributed by atoms with Crippen molar-refractivity contribution in [3.63, 3.8) is 0 Å². The number of hydrogen-bond acceptors (Lipinski definition) is 5. The summed E-state index contributed by atoms with van der Waals surface area (Å²) < 4.78 is 16.5. The lowest BCUT2D eigenvalue weighted by Crippen LogP contribution is -2.24. The van der Waals surface area contributed by atoms with Crippen LogP contribution >= 0.6 is 0 Å². The predicted octanol–water partition coefficient (Wildman–Crippen LogP) is 4.46. The molecule has 0 bridgehead atoms. The molecular formula is C23H25NO4. The van der Waals surface area contributed by atoms with Crippen molar-refractivity contribution < 1.29 is 13.9 Å². The molecule has 146 valence electrons. The first-order valence-corrected chi connectivity index (χ1v) is 9.58. The Morgan fingerprint density at radius 1 is 1.11 bits per heavy atom. The zero-order valence-corrected chi connectivity index (χ0v) is 16.5. The van der Waals surface area contributed by atoms with Gasteiger partial charge in [0, 0.05) is 29.6 Å². The van der Waals surface area contributed by atoms with Gasteiger partial charge in [0.15, 0.2) is 0 Å². The van der Waals surface area contributed by atoms with Gasteiger partial charge in [0.25, 0.3) is 0 Å². The van der Waals surface area contributed by atoms with Crippen LogP contribution in [-0.2, 0) is 6.54 Å². The van der Waals surface area contributed by atoms with Crippen molar-refractivity contribution in [2.75, 3.05) is 20.8 Å². The average molecular weight is 379 g/mol. The number of ether oxygens (including phenoxy) is 2. The number of fused-ring (bicyclic) bond motifs is 1. The molecule has 5 nitrogen and oxygen atoms in total. The van der Waals surface area contributed by atoms with Crippen LogP contribution in [-0.4, -0.2) is 25.7 Å². The lowest BCUT2D eigenvalue weighted by Gasteiger charge is -2.27. The van der Waals surface area contributed by atoms with Gasteiger partial charge in [0.05, 0.1) is 14.2 Å². The highest BCUT2D eigenvalue weighted by Crippen LogP contribution is 2.40. The fraction of sp³-hybridized carbons (Fsp3) is 0.348. The molecule has 0 amide bonds. The van der Waals surface area contributed by atoms with Crippen molar-refractivity contribution in [3.8, 4) is 11.5 Å². The molecule has 1 atom stereocenters. The molecule has 0 unspecified atom stereocenters. The third kappa shape index (κ3) is 3.50. The Hall–Kier alpha value is -2.79. The van der Waals surface area contributed by atoms with E-state index in [1.54, 1.807) is 20.3 Å². The summed E-state index contributed by atoms with van der Waals surface area (Å²) in [6.45, 7) is 3.66. The van der Waals surface area contributed by atoms with Gasteiger partial charge in [-0.2, -0.15) is 0 Å². The molecule has 1 fully saturated rings. The molecule has 2 aromatic carbocycles. The van der Waals surface area contributed by atoms with E-state index in [9.17, 15) is 4.79 Å². The molecule has 28 heavy (non-hydrogen) atoms. The van der Waals surface area contributed by atoms with E-state index in [4.69, 9.17) is 13.9 Å². The second kappa shape index (κ2) is 7.68. The number of nitrogens with zero attached hydrogens (tertiary/aromatic N) is 1. The van der Waals surface area contributed by atoms with Crippen molar-refractivity contribution in [3.05, 3.63) is 69.6 Å². The van der Waals surface area contributed by atoms with Crippen LogP contribution in [0.2, 0.25) is 0 Å². The molecule has 1 aliphatic heterocycles. The average Bonchev–Trinajstić information content (AvgIpc) is 3.14. The zero-order chi connectivity index (χ0) is 19.7. The minimum atomic E-state index is -0.303. The second-order valence-electron chi connectivity index (χ2n) is 7.33. The quantitative estimate of drug-likeness (QED) is 0.613. The van der Waals surface area contributed by atoms with E-state index in [0.717, 1.165) is 53.0 Å². The molecule has 3 aromatic rings. The van der Waals surface area contributed by atoms with Crippen LogP contribution in [0, 0.1) is 6.92 Å². The van der Waals surface area contributed by atoms with Crippen molar-refractivity contribution >= 4 is 11.0 Å². The van der Waals surface area contributed by atoms with Crippen LogP contribution in [0.5, 0.6) is 11.5 Å². The van der Waals surface area contributed by atoms with Gasteiger partial charge in [-0.25, -0.2) is 4.79 Å². The van der Waals surface area contributed by atoms with Gasteiger partial charge >= 0.3 is 5.63 Å². The largest absolute Gasteiger partial charge is 0.497 e. The number of aryl methyl sites for hydroxylation is 1. The fourth-order valence-corrected chi connectivity index (χ4v) is 4.15. The SMILES string of the molecule is COc1ccc(OC)c([C@H]2CCCN2Cc2cc(=O)oc3cc(C)ccc23)c1. The molecule has 1 aromatic heterocycles. The van der Waals surface area contributed by atoms with Crippen molar-refractivity contribution in [1.82, 2.24) is 4.90 Å². The normalized spacial score (nSPS) is 17.2. The van der Waals surface area contributed by atoms with E-state index < -0.39 is 0 Å². The highest BCUT2D eigenvalue weighted by atomic mass is 16.5. The first kappa shape index (κ1) is 18.6. The minimum absolute atomic E-state index is 0.220. The predicted molar refractivity (Wildman–Crippen MR) is 109 cm³/mol. The third-order valence-corrected chi connectivity index (χ3v) is 5.52. The van der Waals surface area contributed by atoms with E-state index in [1.807, 2.05) is 31.2 Å². The van der Waals surface area contributed by atoms with Gasteiger partial charge in [-0.1, -0.05) is 12.1 Å². The molecule has 0 spiro atoms. The van der Waals surface area contributed by atoms with Gasteiger partial charge in [-0.15, -0.1) is 0 Å². The highest BCUT2D eigenvalue weighted by molar-refractivity contribution is 5.80. The fourth-order valence-electron chi connectivity index (χ4n) is 4.15. The third-order valence-electron chi connectivity index (χ3n) is 5.52. The number of benzene rings is 2. The molecule has 1 saturated heterocycles. The molecule has 0 aliphatic carbocycles. The Balaban J connectivity index is 1.71. The molecule has 5 heteroatoms. The Bertz CT molecular complexity index is 1060. The summed E-state index contributed by atoms with van der Waals surface area (Å²) in [6, 6.07) is 13.8. The number of rotatable bonds is 5. The van der Waals surface area contributed by atoms with Crippen LogP contribution in [0.3, 0.4) is 0 Å². The van der Waals surface area contributed by atoms with Gasteiger partial charge in [0.1, 0.15) is 17.1 Å². The monoisotopic (exact) mass is 379 g/mol. The first-order valence-electron chi connectivity index (χ1n) is 9.58. The van der Waals surface area contributed by atoms with Crippen LogP contribution in [0.15, 0.2) is 51.7 Å². The maximum atomic E-state index is 12.1. The van der Waals surface area contributed by atoms with Crippen LogP contribution in [0.4, 0.5) is 0 Å². The topological polar surface area (TPSA) is 51.9 Å². The molecule has 4 rings (SSSR count). The van der Waals surface area contributed by atoms with E-state index in [0.29, 0.717) is 12.1 Å². The standard InChI is InChI=1S/C23H25NO4/c1-15-6-8-18-16(12-23(25)28-22(18)11-15)14-24-10-4-5-20(24)19-13-17(26-2)7-9-21(19)27-3/h6-9,11-13,20H,4-5,10,14H2,1-3H3/t20-/m1/s1. The summed E-state index contributed by atoms with van der Waals surface area (Å²) in [5.74, 6) is 1.69. The van der Waals surface area contributed by atoms with E-state index in [-0.39, 0.29) is 11.7 Å². The maximum Gasteiger partial charge on any atom is 0.336 e. The summed E-state index contributed by atoms with van der Waals surface area (Å²) in [5.41, 5.74) is 3.55. The lowest BCUT2D eigenvalue weighted by molar-refractivity contribution is 0.243. The van der Waals surface area contributed by atoms with E-state index in [1.165, 1.54) is 0 Å². The number of hydrogen-bond donors (Lipinski definition) is 0. The molecule has 0 radical (unpaired) electrons. The second-order valence-corrected chi connectivity index (χ2v) is 7.33. The molecular weight excluding hydrogens is 354 g/mol. The highest BCUT2D eigenvalue weighted by Gasteiger charge is 2.29. The van der Waals surface area contributed by atoms with Crippen molar-refractivity contribution in [2.24, 2.45) is 0 Å². The van der Waals surface area contributed by atoms with E-state index >= 15 is 0 Å². The smallest absolute Gasteiger partial charge is 0.336 e. The van der Waals surface area contributed by atoms with Crippen molar-refractivity contribution in [2.45, 2.75) is 32.4 Å². The first-order chi connectivity index (χ1) is 13.6. The molecule has 0 saturated carbocycles. The van der Waals surface area contributed by atoms with Crippen LogP contribution in [0.25, 0.3) is 11.0 Å². The summed E-state index contributed by atoms with van der Waals surface area (Å²) in [7, 11) is 3.37. The summed E-state index contributed by atoms with van der Waals surface area (Å²) in [5, 5.41) is 0.994. The van der Waals surface area contributed by atoms with Crippen molar-refractivity contribution in [1.29, 1.82) is 0 Å². The van der Waals surface area contributed by atoms with Gasteiger partial charge in [-0.3, -0.25) is 4.90 Å². The number of methoxy groups -OCH3 is 2. The van der Waals surface area contributed by atoms with Gasteiger partial charge in [-0.05, 0) is 61.7 Å². The molecule has 1 aliphatic rings. The summed E-state index contributed by atoms with van der Waals surface area (Å²) in [6.07, 6.45) is 2.14. The van der Waals surface area contributed by atoms with Crippen LogP contribution < -0.4 is 15.1 Å². The van der Waals surface area contributed by atoms with Crippen LogP contribution in [0.1, 0.15) is 35.6 Å². The Morgan fingerprint density at radius 3 is 2.75 bits per heavy atom. The Kier molecular flexibility index (Phi) is 5.09. The molecule has 2 heterocycles. The van der Waals surface area contributed by atoms with Gasteiger partial charge in [0.2, 0.25) is 0 Å². The zero-order valence-electron chi connectivity index (χ0n) is 16.5. The Labute approximate surface area is 164 Å². The summed E-state index contributed by atoms with van der Waals surface area (Å²) >= 11 is 0.